The summed E-state index contributed by atoms with van der Waals surface area (Å²) in [4.78, 5) is 0. The molecule has 0 atom stereocenters. The van der Waals surface area contributed by atoms with Crippen molar-refractivity contribution in [3.63, 3.8) is 0 Å². The normalized spacial score (nSPS) is 12.3. The molecule has 0 amide bonds. The number of nitrogens with one attached hydrogen (secondary N) is 1. The fraction of sp³-hybridized carbons (Fsp3) is 0.364. The zero-order valence-corrected chi connectivity index (χ0v) is 9.60. The van der Waals surface area contributed by atoms with Crippen molar-refractivity contribution in [1.29, 1.82) is 0 Å². The Labute approximate surface area is 93.6 Å². The topological polar surface area (TPSA) is 54.7 Å². The van der Waals surface area contributed by atoms with Crippen molar-refractivity contribution in [3.8, 4) is 0 Å². The largest absolute Gasteiger partial charge is 0.330 e. The molecule has 0 aliphatic carbocycles. The van der Waals surface area contributed by atoms with Crippen molar-refractivity contribution in [1.82, 2.24) is 10.2 Å². The van der Waals surface area contributed by atoms with Gasteiger partial charge in [-0.05, 0) is 11.6 Å². The van der Waals surface area contributed by atoms with E-state index in [9.17, 15) is 0 Å². The number of fused-ring (bicyclic) bond motifs is 1. The molecule has 0 saturated heterocycles. The molecule has 0 fully saturated rings. The second kappa shape index (κ2) is 3.51. The third kappa shape index (κ3) is 1.62. The smallest absolute Gasteiger partial charge is 0.132 e. The molecule has 4 heteroatoms. The number of aromatic amines is 1. The number of halogens is 1. The summed E-state index contributed by atoms with van der Waals surface area (Å²) in [5.41, 5.74) is 7.71. The van der Waals surface area contributed by atoms with Gasteiger partial charge < -0.3 is 5.73 Å². The Balaban J connectivity index is 2.75. The van der Waals surface area contributed by atoms with Crippen LogP contribution < -0.4 is 5.73 Å². The first-order valence-corrected chi connectivity index (χ1v) is 5.27. The van der Waals surface area contributed by atoms with Gasteiger partial charge in [-0.2, -0.15) is 5.10 Å². The van der Waals surface area contributed by atoms with Gasteiger partial charge in [-0.3, -0.25) is 5.10 Å². The zero-order valence-electron chi connectivity index (χ0n) is 8.84. The van der Waals surface area contributed by atoms with Gasteiger partial charge in [-0.15, -0.1) is 0 Å². The van der Waals surface area contributed by atoms with Gasteiger partial charge in [0.05, 0.1) is 5.52 Å². The molecule has 15 heavy (non-hydrogen) atoms. The number of nitrogens with zero attached hydrogens (tertiary/aromatic N) is 1. The molecule has 80 valence electrons. The highest BCUT2D eigenvalue weighted by Gasteiger charge is 2.23. The predicted molar refractivity (Wildman–Crippen MR) is 63.2 cm³/mol. The lowest BCUT2D eigenvalue weighted by molar-refractivity contribution is 0.544. The summed E-state index contributed by atoms with van der Waals surface area (Å²) < 4.78 is 0. The van der Waals surface area contributed by atoms with E-state index in [4.69, 9.17) is 17.3 Å². The standard InChI is InChI=1S/C11H14ClN3/c1-11(2,6-13)7-4-3-5-8-9(7)10(12)15-14-8/h3-5H,6,13H2,1-2H3,(H,14,15). The number of nitrogens with two attached hydrogens (primary N) is 1. The molecule has 1 aromatic carbocycles. The summed E-state index contributed by atoms with van der Waals surface area (Å²) >= 11 is 6.08. The average Bonchev–Trinajstić information content (AvgIpc) is 2.60. The molecule has 3 N–H and O–H groups in total. The van der Waals surface area contributed by atoms with Gasteiger partial charge >= 0.3 is 0 Å². The molecule has 3 nitrogen and oxygen atoms in total. The highest BCUT2D eigenvalue weighted by Crippen LogP contribution is 2.32. The van der Waals surface area contributed by atoms with Crippen molar-refractivity contribution < 1.29 is 0 Å². The quantitative estimate of drug-likeness (QED) is 0.822. The maximum Gasteiger partial charge on any atom is 0.132 e. The predicted octanol–water partition coefficient (Wildman–Crippen LogP) is 2.45. The Kier molecular flexibility index (Phi) is 2.44. The molecule has 0 aliphatic rings. The van der Waals surface area contributed by atoms with E-state index in [-0.39, 0.29) is 5.41 Å². The maximum absolute atomic E-state index is 6.08. The fourth-order valence-corrected chi connectivity index (χ4v) is 1.94. The van der Waals surface area contributed by atoms with Crippen LogP contribution in [0.4, 0.5) is 0 Å². The van der Waals surface area contributed by atoms with E-state index < -0.39 is 0 Å². The van der Waals surface area contributed by atoms with Gasteiger partial charge in [-0.25, -0.2) is 0 Å². The molecule has 0 bridgehead atoms. The lowest BCUT2D eigenvalue weighted by atomic mass is 9.83. The van der Waals surface area contributed by atoms with Crippen LogP contribution in [0.25, 0.3) is 10.9 Å². The second-order valence-electron chi connectivity index (χ2n) is 4.33. The van der Waals surface area contributed by atoms with Crippen molar-refractivity contribution in [2.45, 2.75) is 19.3 Å². The molecule has 0 radical (unpaired) electrons. The Hall–Kier alpha value is -1.06. The van der Waals surface area contributed by atoms with Gasteiger partial charge in [0.25, 0.3) is 0 Å². The van der Waals surface area contributed by atoms with Crippen LogP contribution in [-0.4, -0.2) is 16.7 Å². The summed E-state index contributed by atoms with van der Waals surface area (Å²) in [5.74, 6) is 0. The van der Waals surface area contributed by atoms with Crippen molar-refractivity contribution in [2.75, 3.05) is 6.54 Å². The number of benzene rings is 1. The Morgan fingerprint density at radius 1 is 1.47 bits per heavy atom. The van der Waals surface area contributed by atoms with Gasteiger partial charge in [0.15, 0.2) is 0 Å². The van der Waals surface area contributed by atoms with E-state index in [0.717, 1.165) is 16.5 Å². The number of aromatic nitrogens is 2. The van der Waals surface area contributed by atoms with Crippen molar-refractivity contribution in [3.05, 3.63) is 28.9 Å². The number of rotatable bonds is 2. The van der Waals surface area contributed by atoms with Crippen molar-refractivity contribution >= 4 is 22.5 Å². The summed E-state index contributed by atoms with van der Waals surface area (Å²) in [7, 11) is 0. The molecule has 2 rings (SSSR count). The minimum atomic E-state index is -0.0903. The first kappa shape index (κ1) is 10.5. The highest BCUT2D eigenvalue weighted by molar-refractivity contribution is 6.34. The molecule has 0 aliphatic heterocycles. The minimum Gasteiger partial charge on any atom is -0.330 e. The van der Waals surface area contributed by atoms with Crippen LogP contribution in [0, 0.1) is 0 Å². The molecule has 1 heterocycles. The molecular weight excluding hydrogens is 210 g/mol. The van der Waals surface area contributed by atoms with E-state index in [2.05, 4.69) is 30.1 Å². The van der Waals surface area contributed by atoms with E-state index in [0.29, 0.717) is 11.7 Å². The van der Waals surface area contributed by atoms with Crippen LogP contribution in [0.2, 0.25) is 5.15 Å². The molecule has 2 aromatic rings. The van der Waals surface area contributed by atoms with E-state index >= 15 is 0 Å². The van der Waals surface area contributed by atoms with Gasteiger partial charge in [0.2, 0.25) is 0 Å². The van der Waals surface area contributed by atoms with Crippen LogP contribution in [0.1, 0.15) is 19.4 Å². The van der Waals surface area contributed by atoms with Crippen LogP contribution in [-0.2, 0) is 5.41 Å². The zero-order chi connectivity index (χ0) is 11.1. The summed E-state index contributed by atoms with van der Waals surface area (Å²) in [6.45, 7) is 4.78. The van der Waals surface area contributed by atoms with Gasteiger partial charge in [0, 0.05) is 17.3 Å². The number of hydrogen-bond acceptors (Lipinski definition) is 2. The minimum absolute atomic E-state index is 0.0903. The van der Waals surface area contributed by atoms with Crippen LogP contribution >= 0.6 is 11.6 Å². The van der Waals surface area contributed by atoms with Gasteiger partial charge in [-0.1, -0.05) is 37.6 Å². The Bertz CT molecular complexity index is 488. The SMILES string of the molecule is CC(C)(CN)c1cccc2n[nH]c(Cl)c12. The third-order valence-electron chi connectivity index (χ3n) is 2.78. The van der Waals surface area contributed by atoms with Crippen molar-refractivity contribution in [2.24, 2.45) is 5.73 Å². The van der Waals surface area contributed by atoms with Crippen LogP contribution in [0.5, 0.6) is 0 Å². The Morgan fingerprint density at radius 2 is 2.20 bits per heavy atom. The number of H-pyrrole nitrogens is 1. The summed E-state index contributed by atoms with van der Waals surface area (Å²) in [5, 5.41) is 8.48. The molecule has 0 spiro atoms. The van der Waals surface area contributed by atoms with Gasteiger partial charge in [0.1, 0.15) is 5.15 Å². The van der Waals surface area contributed by atoms with Crippen LogP contribution in [0.15, 0.2) is 18.2 Å². The first-order valence-electron chi connectivity index (χ1n) is 4.89. The maximum atomic E-state index is 6.08. The summed E-state index contributed by atoms with van der Waals surface area (Å²) in [6, 6.07) is 5.97. The molecular formula is C11H14ClN3. The molecule has 1 aromatic heterocycles. The first-order chi connectivity index (χ1) is 7.06. The Morgan fingerprint density at radius 3 is 2.87 bits per heavy atom. The van der Waals surface area contributed by atoms with Crippen LogP contribution in [0.3, 0.4) is 0 Å². The fourth-order valence-electron chi connectivity index (χ4n) is 1.70. The molecule has 0 saturated carbocycles. The third-order valence-corrected chi connectivity index (χ3v) is 3.05. The molecule has 0 unspecified atom stereocenters. The average molecular weight is 224 g/mol. The highest BCUT2D eigenvalue weighted by atomic mass is 35.5. The monoisotopic (exact) mass is 223 g/mol. The second-order valence-corrected chi connectivity index (χ2v) is 4.70. The lowest BCUT2D eigenvalue weighted by Gasteiger charge is -2.23. The number of hydrogen-bond donors (Lipinski definition) is 2. The van der Waals surface area contributed by atoms with E-state index in [1.54, 1.807) is 0 Å². The summed E-state index contributed by atoms with van der Waals surface area (Å²) in [6.07, 6.45) is 0. The van der Waals surface area contributed by atoms with E-state index in [1.807, 2.05) is 12.1 Å². The van der Waals surface area contributed by atoms with E-state index in [1.165, 1.54) is 0 Å². The lowest BCUT2D eigenvalue weighted by Crippen LogP contribution is -2.28.